The maximum Gasteiger partial charge on any atom is 0.257 e. The lowest BCUT2D eigenvalue weighted by atomic mass is 10.3. The molecule has 0 heterocycles. The number of carbonyl (C=O) groups excluding carboxylic acids is 1. The van der Waals surface area contributed by atoms with Crippen LogP contribution in [0.3, 0.4) is 0 Å². The summed E-state index contributed by atoms with van der Waals surface area (Å²) in [5.41, 5.74) is 1.09. The monoisotopic (exact) mass is 362 g/mol. The molecule has 2 N–H and O–H groups in total. The van der Waals surface area contributed by atoms with Crippen molar-refractivity contribution >= 4 is 27.5 Å². The summed E-state index contributed by atoms with van der Waals surface area (Å²) in [6.07, 6.45) is 0.860. The van der Waals surface area contributed by atoms with E-state index in [1.807, 2.05) is 54.6 Å². The first-order valence-electron chi connectivity index (χ1n) is 7.18. The standard InChI is InChI=1S/C17H19BrN2O2/c18-14-7-9-16(10-8-14)22-13-17(21)20-12-4-11-19-15-5-2-1-3-6-15/h1-3,5-10,19H,4,11-13H2,(H,20,21). The summed E-state index contributed by atoms with van der Waals surface area (Å²) >= 11 is 3.35. The summed E-state index contributed by atoms with van der Waals surface area (Å²) in [5, 5.41) is 6.13. The van der Waals surface area contributed by atoms with Gasteiger partial charge in [-0.2, -0.15) is 0 Å². The number of benzene rings is 2. The van der Waals surface area contributed by atoms with Gasteiger partial charge in [-0.3, -0.25) is 4.79 Å². The first kappa shape index (κ1) is 16.4. The Balaban J connectivity index is 1.55. The molecule has 5 heteroatoms. The highest BCUT2D eigenvalue weighted by Crippen LogP contribution is 2.15. The molecule has 0 atom stereocenters. The lowest BCUT2D eigenvalue weighted by Crippen LogP contribution is -2.30. The second-order valence-electron chi connectivity index (χ2n) is 4.74. The van der Waals surface area contributed by atoms with Gasteiger partial charge in [0.1, 0.15) is 5.75 Å². The molecule has 0 bridgehead atoms. The molecule has 1 amide bonds. The minimum Gasteiger partial charge on any atom is -0.484 e. The maximum atomic E-state index is 11.7. The van der Waals surface area contributed by atoms with Gasteiger partial charge in [-0.1, -0.05) is 34.1 Å². The molecule has 0 aliphatic carbocycles. The molecule has 0 saturated heterocycles. The Labute approximate surface area is 139 Å². The summed E-state index contributed by atoms with van der Waals surface area (Å²) in [6.45, 7) is 1.48. The summed E-state index contributed by atoms with van der Waals surface area (Å²) in [5.74, 6) is 0.576. The predicted molar refractivity (Wildman–Crippen MR) is 92.2 cm³/mol. The molecule has 0 unspecified atom stereocenters. The number of anilines is 1. The Morgan fingerprint density at radius 1 is 1.00 bits per heavy atom. The molecule has 2 aromatic rings. The Morgan fingerprint density at radius 2 is 1.73 bits per heavy atom. The molecular formula is C17H19BrN2O2. The molecule has 0 aliphatic heterocycles. The smallest absolute Gasteiger partial charge is 0.257 e. The van der Waals surface area contributed by atoms with Crippen LogP contribution >= 0.6 is 15.9 Å². The van der Waals surface area contributed by atoms with Gasteiger partial charge in [0.15, 0.2) is 6.61 Å². The zero-order valence-electron chi connectivity index (χ0n) is 12.2. The zero-order valence-corrected chi connectivity index (χ0v) is 13.8. The third kappa shape index (κ3) is 6.18. The van der Waals surface area contributed by atoms with Gasteiger partial charge in [-0.05, 0) is 42.8 Å². The van der Waals surface area contributed by atoms with Gasteiger partial charge in [0.2, 0.25) is 0 Å². The third-order valence-electron chi connectivity index (χ3n) is 2.96. The quantitative estimate of drug-likeness (QED) is 0.707. The van der Waals surface area contributed by atoms with E-state index in [0.29, 0.717) is 12.3 Å². The van der Waals surface area contributed by atoms with Gasteiger partial charge in [-0.15, -0.1) is 0 Å². The van der Waals surface area contributed by atoms with Crippen molar-refractivity contribution in [1.29, 1.82) is 0 Å². The molecule has 22 heavy (non-hydrogen) atoms. The van der Waals surface area contributed by atoms with Crippen molar-refractivity contribution in [2.75, 3.05) is 25.0 Å². The fraction of sp³-hybridized carbons (Fsp3) is 0.235. The first-order valence-corrected chi connectivity index (χ1v) is 7.97. The van der Waals surface area contributed by atoms with Gasteiger partial charge in [-0.25, -0.2) is 0 Å². The Hall–Kier alpha value is -2.01. The van der Waals surface area contributed by atoms with Crippen molar-refractivity contribution in [3.63, 3.8) is 0 Å². The van der Waals surface area contributed by atoms with E-state index in [2.05, 4.69) is 26.6 Å². The average molecular weight is 363 g/mol. The fourth-order valence-corrected chi connectivity index (χ4v) is 2.10. The number of halogens is 1. The highest BCUT2D eigenvalue weighted by molar-refractivity contribution is 9.10. The maximum absolute atomic E-state index is 11.7. The van der Waals surface area contributed by atoms with Crippen LogP contribution in [0.15, 0.2) is 59.1 Å². The number of rotatable bonds is 8. The first-order chi connectivity index (χ1) is 10.7. The normalized spacial score (nSPS) is 10.0. The Bertz CT molecular complexity index is 573. The van der Waals surface area contributed by atoms with Crippen LogP contribution < -0.4 is 15.4 Å². The van der Waals surface area contributed by atoms with Crippen LogP contribution in [0.1, 0.15) is 6.42 Å². The minimum absolute atomic E-state index is 0.0355. The second-order valence-corrected chi connectivity index (χ2v) is 5.65. The number of carbonyl (C=O) groups is 1. The third-order valence-corrected chi connectivity index (χ3v) is 3.49. The van der Waals surface area contributed by atoms with Crippen molar-refractivity contribution in [3.8, 4) is 5.75 Å². The summed E-state index contributed by atoms with van der Waals surface area (Å²) in [7, 11) is 0. The number of amides is 1. The van der Waals surface area contributed by atoms with Gasteiger partial charge < -0.3 is 15.4 Å². The highest BCUT2D eigenvalue weighted by Gasteiger charge is 2.02. The van der Waals surface area contributed by atoms with Gasteiger partial charge in [0, 0.05) is 23.2 Å². The summed E-state index contributed by atoms with van der Waals surface area (Å²) in [6, 6.07) is 17.4. The van der Waals surface area contributed by atoms with Gasteiger partial charge in [0.25, 0.3) is 5.91 Å². The SMILES string of the molecule is O=C(COc1ccc(Br)cc1)NCCCNc1ccccc1. The van der Waals surface area contributed by atoms with E-state index in [-0.39, 0.29) is 12.5 Å². The van der Waals surface area contributed by atoms with Crippen LogP contribution in [-0.4, -0.2) is 25.6 Å². The van der Waals surface area contributed by atoms with Crippen LogP contribution in [-0.2, 0) is 4.79 Å². The van der Waals surface area contributed by atoms with E-state index < -0.39 is 0 Å². The molecule has 0 fully saturated rings. The van der Waals surface area contributed by atoms with Crippen molar-refractivity contribution in [1.82, 2.24) is 5.32 Å². The topological polar surface area (TPSA) is 50.4 Å². The molecule has 2 rings (SSSR count). The average Bonchev–Trinajstić information content (AvgIpc) is 2.55. The van der Waals surface area contributed by atoms with E-state index in [9.17, 15) is 4.79 Å². The number of para-hydroxylation sites is 1. The molecule has 0 aromatic heterocycles. The van der Waals surface area contributed by atoms with E-state index in [1.54, 1.807) is 0 Å². The molecule has 2 aromatic carbocycles. The molecule has 0 radical (unpaired) electrons. The molecule has 0 aliphatic rings. The van der Waals surface area contributed by atoms with Gasteiger partial charge >= 0.3 is 0 Å². The highest BCUT2D eigenvalue weighted by atomic mass is 79.9. The van der Waals surface area contributed by atoms with Crippen LogP contribution in [0.4, 0.5) is 5.69 Å². The zero-order chi connectivity index (χ0) is 15.6. The Kier molecular flexibility index (Phi) is 6.77. The van der Waals surface area contributed by atoms with Crippen molar-refractivity contribution in [2.45, 2.75) is 6.42 Å². The van der Waals surface area contributed by atoms with Crippen LogP contribution in [0.2, 0.25) is 0 Å². The molecule has 0 saturated carbocycles. The van der Waals surface area contributed by atoms with Crippen molar-refractivity contribution < 1.29 is 9.53 Å². The molecule has 116 valence electrons. The van der Waals surface area contributed by atoms with E-state index in [1.165, 1.54) is 0 Å². The summed E-state index contributed by atoms with van der Waals surface area (Å²) in [4.78, 5) is 11.7. The van der Waals surface area contributed by atoms with E-state index in [0.717, 1.165) is 23.1 Å². The lowest BCUT2D eigenvalue weighted by Gasteiger charge is -2.08. The van der Waals surface area contributed by atoms with Crippen LogP contribution in [0.25, 0.3) is 0 Å². The van der Waals surface area contributed by atoms with E-state index >= 15 is 0 Å². The predicted octanol–water partition coefficient (Wildman–Crippen LogP) is 3.45. The lowest BCUT2D eigenvalue weighted by molar-refractivity contribution is -0.123. The molecular weight excluding hydrogens is 344 g/mol. The van der Waals surface area contributed by atoms with Crippen molar-refractivity contribution in [2.24, 2.45) is 0 Å². The number of ether oxygens (including phenoxy) is 1. The van der Waals surface area contributed by atoms with Crippen LogP contribution in [0.5, 0.6) is 5.75 Å². The minimum atomic E-state index is -0.109. The van der Waals surface area contributed by atoms with E-state index in [4.69, 9.17) is 4.74 Å². The number of nitrogens with one attached hydrogen (secondary N) is 2. The molecule has 0 spiro atoms. The fourth-order valence-electron chi connectivity index (χ4n) is 1.84. The van der Waals surface area contributed by atoms with Crippen molar-refractivity contribution in [3.05, 3.63) is 59.1 Å². The number of hydrogen-bond acceptors (Lipinski definition) is 3. The molecule has 4 nitrogen and oxygen atoms in total. The van der Waals surface area contributed by atoms with Crippen LogP contribution in [0, 0.1) is 0 Å². The van der Waals surface area contributed by atoms with Gasteiger partial charge in [0.05, 0.1) is 0 Å². The number of hydrogen-bond donors (Lipinski definition) is 2. The Morgan fingerprint density at radius 3 is 2.45 bits per heavy atom. The summed E-state index contributed by atoms with van der Waals surface area (Å²) < 4.78 is 6.38. The second kappa shape index (κ2) is 9.10. The largest absolute Gasteiger partial charge is 0.484 e.